The molecule has 1 amide bonds. The van der Waals surface area contributed by atoms with E-state index in [2.05, 4.69) is 0 Å². The molecule has 21 heavy (non-hydrogen) atoms. The lowest BCUT2D eigenvalue weighted by Crippen LogP contribution is -2.45. The highest BCUT2D eigenvalue weighted by Crippen LogP contribution is 2.28. The van der Waals surface area contributed by atoms with E-state index in [1.165, 1.54) is 15.3 Å². The molecule has 0 aromatic heterocycles. The number of hydrogen-bond donors (Lipinski definition) is 1. The topological polar surface area (TPSA) is 83.7 Å². The number of sulfonamides is 1. The van der Waals surface area contributed by atoms with Gasteiger partial charge < -0.3 is 10.6 Å². The molecule has 1 unspecified atom stereocenters. The molecule has 1 aliphatic rings. The van der Waals surface area contributed by atoms with Gasteiger partial charge in [0, 0.05) is 26.3 Å². The third-order valence-corrected chi connectivity index (χ3v) is 5.68. The first-order chi connectivity index (χ1) is 9.75. The first kappa shape index (κ1) is 15.8. The van der Waals surface area contributed by atoms with E-state index in [1.807, 2.05) is 0 Å². The molecule has 0 radical (unpaired) electrons. The van der Waals surface area contributed by atoms with Crippen molar-refractivity contribution >= 4 is 21.6 Å². The summed E-state index contributed by atoms with van der Waals surface area (Å²) >= 11 is 0. The van der Waals surface area contributed by atoms with Crippen LogP contribution in [-0.2, 0) is 14.8 Å². The number of rotatable bonds is 3. The molecule has 2 N–H and O–H groups in total. The first-order valence-electron chi connectivity index (χ1n) is 6.84. The van der Waals surface area contributed by atoms with E-state index >= 15 is 0 Å². The number of likely N-dealkylation sites (N-methyl/N-ethyl adjacent to an activating group) is 1. The predicted octanol–water partition coefficient (Wildman–Crippen LogP) is 0.819. The van der Waals surface area contributed by atoms with Crippen LogP contribution in [0.4, 0.5) is 5.69 Å². The van der Waals surface area contributed by atoms with Crippen molar-refractivity contribution in [2.45, 2.75) is 30.7 Å². The van der Waals surface area contributed by atoms with Crippen LogP contribution in [0.25, 0.3) is 0 Å². The zero-order chi connectivity index (χ0) is 15.8. The van der Waals surface area contributed by atoms with Crippen LogP contribution in [0, 0.1) is 6.92 Å². The van der Waals surface area contributed by atoms with Gasteiger partial charge in [0.1, 0.15) is 6.04 Å². The molecule has 6 nitrogen and oxygen atoms in total. The van der Waals surface area contributed by atoms with E-state index in [-0.39, 0.29) is 10.8 Å². The molecule has 7 heteroatoms. The summed E-state index contributed by atoms with van der Waals surface area (Å²) in [5, 5.41) is 0. The van der Waals surface area contributed by atoms with Gasteiger partial charge in [-0.15, -0.1) is 0 Å². The number of nitrogens with two attached hydrogens (primary N) is 1. The fourth-order valence-electron chi connectivity index (χ4n) is 2.52. The molecule has 0 aliphatic carbocycles. The van der Waals surface area contributed by atoms with Crippen molar-refractivity contribution in [2.24, 2.45) is 0 Å². The number of amides is 1. The number of benzene rings is 1. The van der Waals surface area contributed by atoms with Crippen molar-refractivity contribution in [1.82, 2.24) is 9.21 Å². The molecule has 1 aromatic carbocycles. The summed E-state index contributed by atoms with van der Waals surface area (Å²) in [6.45, 7) is 2.14. The van der Waals surface area contributed by atoms with E-state index in [4.69, 9.17) is 5.73 Å². The lowest BCUT2D eigenvalue weighted by Gasteiger charge is -2.25. The molecule has 0 spiro atoms. The van der Waals surface area contributed by atoms with Gasteiger partial charge in [-0.05, 0) is 43.5 Å². The van der Waals surface area contributed by atoms with Crippen molar-refractivity contribution in [3.63, 3.8) is 0 Å². The summed E-state index contributed by atoms with van der Waals surface area (Å²) in [6.07, 6.45) is 1.25. The van der Waals surface area contributed by atoms with Gasteiger partial charge in [0.05, 0.1) is 4.90 Å². The number of carbonyl (C=O) groups excluding carboxylic acids is 1. The second-order valence-corrected chi connectivity index (χ2v) is 7.42. The van der Waals surface area contributed by atoms with Gasteiger partial charge in [0.2, 0.25) is 15.9 Å². The minimum Gasteiger partial charge on any atom is -0.399 e. The van der Waals surface area contributed by atoms with E-state index in [1.54, 1.807) is 33.2 Å². The molecule has 1 saturated heterocycles. The second-order valence-electron chi connectivity index (χ2n) is 5.52. The van der Waals surface area contributed by atoms with Crippen molar-refractivity contribution in [3.8, 4) is 0 Å². The Labute approximate surface area is 125 Å². The van der Waals surface area contributed by atoms with Crippen molar-refractivity contribution < 1.29 is 13.2 Å². The van der Waals surface area contributed by atoms with Gasteiger partial charge in [-0.25, -0.2) is 8.42 Å². The fourth-order valence-corrected chi connectivity index (χ4v) is 4.25. The van der Waals surface area contributed by atoms with Crippen molar-refractivity contribution in [1.29, 1.82) is 0 Å². The van der Waals surface area contributed by atoms with Gasteiger partial charge in [0.15, 0.2) is 0 Å². The molecular weight excluding hydrogens is 290 g/mol. The third kappa shape index (κ3) is 2.89. The maximum atomic E-state index is 12.7. The normalized spacial score (nSPS) is 19.7. The molecule has 1 atom stereocenters. The van der Waals surface area contributed by atoms with E-state index in [0.29, 0.717) is 30.6 Å². The summed E-state index contributed by atoms with van der Waals surface area (Å²) in [5.74, 6) is -0.178. The van der Waals surface area contributed by atoms with E-state index in [0.717, 1.165) is 0 Å². The molecule has 1 aliphatic heterocycles. The Morgan fingerprint density at radius 2 is 2.05 bits per heavy atom. The van der Waals surface area contributed by atoms with Gasteiger partial charge in [-0.3, -0.25) is 4.79 Å². The lowest BCUT2D eigenvalue weighted by molar-refractivity contribution is -0.132. The van der Waals surface area contributed by atoms with Crippen LogP contribution < -0.4 is 5.73 Å². The quantitative estimate of drug-likeness (QED) is 0.838. The number of nitrogen functional groups attached to an aromatic ring is 1. The molecule has 116 valence electrons. The summed E-state index contributed by atoms with van der Waals surface area (Å²) in [6, 6.07) is 4.02. The monoisotopic (exact) mass is 311 g/mol. The minimum atomic E-state index is -3.68. The molecule has 2 rings (SSSR count). The zero-order valence-electron chi connectivity index (χ0n) is 12.5. The van der Waals surface area contributed by atoms with Crippen LogP contribution in [0.2, 0.25) is 0 Å². The Hall–Kier alpha value is -1.60. The highest BCUT2D eigenvalue weighted by molar-refractivity contribution is 7.89. The van der Waals surface area contributed by atoms with Crippen LogP contribution in [0.1, 0.15) is 18.4 Å². The summed E-state index contributed by atoms with van der Waals surface area (Å²) < 4.78 is 26.8. The largest absolute Gasteiger partial charge is 0.399 e. The highest BCUT2D eigenvalue weighted by atomic mass is 32.2. The summed E-state index contributed by atoms with van der Waals surface area (Å²) in [7, 11) is -0.400. The molecule has 1 aromatic rings. The molecule has 1 heterocycles. The second kappa shape index (κ2) is 5.65. The number of hydrogen-bond acceptors (Lipinski definition) is 4. The third-order valence-electron chi connectivity index (χ3n) is 3.78. The molecular formula is C14H21N3O3S. The number of nitrogens with zero attached hydrogens (tertiary/aromatic N) is 2. The van der Waals surface area contributed by atoms with Crippen LogP contribution in [0.15, 0.2) is 23.1 Å². The van der Waals surface area contributed by atoms with Crippen molar-refractivity contribution in [2.75, 3.05) is 26.4 Å². The first-order valence-corrected chi connectivity index (χ1v) is 8.28. The van der Waals surface area contributed by atoms with Crippen LogP contribution in [0.5, 0.6) is 0 Å². The minimum absolute atomic E-state index is 0.178. The highest BCUT2D eigenvalue weighted by Gasteiger charge is 2.40. The number of aryl methyl sites for hydroxylation is 1. The van der Waals surface area contributed by atoms with Crippen LogP contribution >= 0.6 is 0 Å². The van der Waals surface area contributed by atoms with Crippen LogP contribution in [0.3, 0.4) is 0 Å². The number of anilines is 1. The summed E-state index contributed by atoms with van der Waals surface area (Å²) in [5.41, 5.74) is 7.00. The lowest BCUT2D eigenvalue weighted by atomic mass is 10.2. The average Bonchev–Trinajstić information content (AvgIpc) is 2.90. The maximum absolute atomic E-state index is 12.7. The Morgan fingerprint density at radius 1 is 1.38 bits per heavy atom. The Kier molecular flexibility index (Phi) is 4.25. The molecule has 0 saturated carbocycles. The standard InChI is InChI=1S/C14H21N3O3S/c1-10-9-11(6-7-12(10)15)21(19,20)17-8-4-5-13(17)14(18)16(2)3/h6-7,9,13H,4-5,8,15H2,1-3H3. The van der Waals surface area contributed by atoms with Gasteiger partial charge in [-0.2, -0.15) is 4.31 Å². The van der Waals surface area contributed by atoms with Gasteiger partial charge in [0.25, 0.3) is 0 Å². The SMILES string of the molecule is Cc1cc(S(=O)(=O)N2CCCC2C(=O)N(C)C)ccc1N. The average molecular weight is 311 g/mol. The zero-order valence-corrected chi connectivity index (χ0v) is 13.4. The van der Waals surface area contributed by atoms with Crippen molar-refractivity contribution in [3.05, 3.63) is 23.8 Å². The Bertz CT molecular complexity index is 655. The van der Waals surface area contributed by atoms with E-state index < -0.39 is 16.1 Å². The molecule has 1 fully saturated rings. The summed E-state index contributed by atoms with van der Waals surface area (Å²) in [4.78, 5) is 13.8. The Morgan fingerprint density at radius 3 is 2.62 bits per heavy atom. The van der Waals surface area contributed by atoms with E-state index in [9.17, 15) is 13.2 Å². The smallest absolute Gasteiger partial charge is 0.243 e. The van der Waals surface area contributed by atoms with Gasteiger partial charge >= 0.3 is 0 Å². The predicted molar refractivity (Wildman–Crippen MR) is 81.2 cm³/mol. The van der Waals surface area contributed by atoms with Crippen LogP contribution in [-0.4, -0.2) is 50.2 Å². The van der Waals surface area contributed by atoms with Gasteiger partial charge in [-0.1, -0.05) is 0 Å². The number of carbonyl (C=O) groups is 1. The Balaban J connectivity index is 2.38. The fraction of sp³-hybridized carbons (Fsp3) is 0.500. The maximum Gasteiger partial charge on any atom is 0.243 e. The molecule has 0 bridgehead atoms.